The standard InChI is InChI=1S/C17H18N4O3/c22-17(12-3-4-14-15(10-12)24-11-23-14)21-8-5-13(6-9-21)19-16-2-1-7-18-20-16/h1-4,7,10,13H,5-6,8-9,11H2,(H,19,20). The highest BCUT2D eigenvalue weighted by Gasteiger charge is 2.25. The number of nitrogens with one attached hydrogen (secondary N) is 1. The molecule has 124 valence electrons. The molecule has 0 atom stereocenters. The number of nitrogens with zero attached hydrogens (tertiary/aromatic N) is 3. The first-order valence-electron chi connectivity index (χ1n) is 8.03. The summed E-state index contributed by atoms with van der Waals surface area (Å²) in [6, 6.07) is 9.40. The van der Waals surface area contributed by atoms with E-state index in [4.69, 9.17) is 9.47 Å². The number of aromatic nitrogens is 2. The highest BCUT2D eigenvalue weighted by molar-refractivity contribution is 5.95. The molecule has 7 nitrogen and oxygen atoms in total. The van der Waals surface area contributed by atoms with Crippen molar-refractivity contribution in [2.75, 3.05) is 25.2 Å². The van der Waals surface area contributed by atoms with Gasteiger partial charge in [0.25, 0.3) is 5.91 Å². The first-order valence-corrected chi connectivity index (χ1v) is 8.03. The molecule has 7 heteroatoms. The van der Waals surface area contributed by atoms with Gasteiger partial charge in [-0.15, -0.1) is 5.10 Å². The summed E-state index contributed by atoms with van der Waals surface area (Å²) in [5.74, 6) is 2.14. The van der Waals surface area contributed by atoms with E-state index in [0.29, 0.717) is 36.2 Å². The molecule has 24 heavy (non-hydrogen) atoms. The number of ether oxygens (including phenoxy) is 2. The van der Waals surface area contributed by atoms with Crippen LogP contribution in [0.5, 0.6) is 11.5 Å². The first kappa shape index (κ1) is 14.7. The monoisotopic (exact) mass is 326 g/mol. The predicted molar refractivity (Wildman–Crippen MR) is 87.1 cm³/mol. The highest BCUT2D eigenvalue weighted by atomic mass is 16.7. The average molecular weight is 326 g/mol. The lowest BCUT2D eigenvalue weighted by Crippen LogP contribution is -2.42. The van der Waals surface area contributed by atoms with Gasteiger partial charge in [-0.2, -0.15) is 5.10 Å². The van der Waals surface area contributed by atoms with Crippen molar-refractivity contribution in [2.24, 2.45) is 0 Å². The Morgan fingerprint density at radius 2 is 2.00 bits per heavy atom. The lowest BCUT2D eigenvalue weighted by atomic mass is 10.0. The lowest BCUT2D eigenvalue weighted by Gasteiger charge is -2.32. The minimum absolute atomic E-state index is 0.0336. The molecule has 2 aliphatic heterocycles. The second kappa shape index (κ2) is 6.35. The van der Waals surface area contributed by atoms with Crippen LogP contribution in [0, 0.1) is 0 Å². The van der Waals surface area contributed by atoms with Crippen molar-refractivity contribution in [1.29, 1.82) is 0 Å². The predicted octanol–water partition coefficient (Wildman–Crippen LogP) is 1.92. The van der Waals surface area contributed by atoms with Crippen LogP contribution < -0.4 is 14.8 Å². The molecule has 0 spiro atoms. The molecular formula is C17H18N4O3. The van der Waals surface area contributed by atoms with Crippen LogP contribution in [0.2, 0.25) is 0 Å². The van der Waals surface area contributed by atoms with Gasteiger partial charge in [0.05, 0.1) is 0 Å². The van der Waals surface area contributed by atoms with E-state index in [1.807, 2.05) is 17.0 Å². The largest absolute Gasteiger partial charge is 0.454 e. The van der Waals surface area contributed by atoms with Crippen LogP contribution in [0.1, 0.15) is 23.2 Å². The number of rotatable bonds is 3. The van der Waals surface area contributed by atoms with Crippen molar-refractivity contribution < 1.29 is 14.3 Å². The van der Waals surface area contributed by atoms with Gasteiger partial charge in [0.2, 0.25) is 6.79 Å². The molecule has 1 saturated heterocycles. The van der Waals surface area contributed by atoms with Crippen LogP contribution in [0.25, 0.3) is 0 Å². The maximum absolute atomic E-state index is 12.7. The van der Waals surface area contributed by atoms with E-state index in [1.165, 1.54) is 0 Å². The van der Waals surface area contributed by atoms with Gasteiger partial charge in [-0.25, -0.2) is 0 Å². The fourth-order valence-corrected chi connectivity index (χ4v) is 3.03. The van der Waals surface area contributed by atoms with Crippen molar-refractivity contribution in [3.8, 4) is 11.5 Å². The number of hydrogen-bond donors (Lipinski definition) is 1. The molecule has 1 N–H and O–H groups in total. The van der Waals surface area contributed by atoms with Crippen molar-refractivity contribution in [1.82, 2.24) is 15.1 Å². The molecule has 0 saturated carbocycles. The minimum atomic E-state index is 0.0336. The zero-order chi connectivity index (χ0) is 16.4. The maximum Gasteiger partial charge on any atom is 0.253 e. The molecule has 0 bridgehead atoms. The Hall–Kier alpha value is -2.83. The van der Waals surface area contributed by atoms with Crippen LogP contribution in [0.4, 0.5) is 5.82 Å². The molecule has 1 amide bonds. The fourth-order valence-electron chi connectivity index (χ4n) is 3.03. The Balaban J connectivity index is 1.36. The Kier molecular flexibility index (Phi) is 3.90. The fraction of sp³-hybridized carbons (Fsp3) is 0.353. The molecule has 0 unspecified atom stereocenters. The number of carbonyl (C=O) groups is 1. The summed E-state index contributed by atoms with van der Waals surface area (Å²) in [5.41, 5.74) is 0.639. The molecule has 0 radical (unpaired) electrons. The smallest absolute Gasteiger partial charge is 0.253 e. The summed E-state index contributed by atoms with van der Waals surface area (Å²) in [6.07, 6.45) is 3.41. The van der Waals surface area contributed by atoms with Crippen LogP contribution in [-0.2, 0) is 0 Å². The minimum Gasteiger partial charge on any atom is -0.454 e. The van der Waals surface area contributed by atoms with Crippen LogP contribution in [-0.4, -0.2) is 46.9 Å². The molecule has 0 aliphatic carbocycles. The molecule has 3 heterocycles. The van der Waals surface area contributed by atoms with E-state index < -0.39 is 0 Å². The summed E-state index contributed by atoms with van der Waals surface area (Å²) in [4.78, 5) is 14.5. The number of fused-ring (bicyclic) bond motifs is 1. The zero-order valence-corrected chi connectivity index (χ0v) is 13.1. The van der Waals surface area contributed by atoms with Gasteiger partial charge in [0, 0.05) is 30.9 Å². The van der Waals surface area contributed by atoms with Crippen molar-refractivity contribution in [3.63, 3.8) is 0 Å². The molecule has 2 aliphatic rings. The molecule has 1 fully saturated rings. The third kappa shape index (κ3) is 2.97. The molecule has 4 rings (SSSR count). The van der Waals surface area contributed by atoms with Crippen LogP contribution >= 0.6 is 0 Å². The van der Waals surface area contributed by atoms with E-state index >= 15 is 0 Å². The summed E-state index contributed by atoms with van der Waals surface area (Å²) in [5, 5.41) is 11.3. The number of carbonyl (C=O) groups excluding carboxylic acids is 1. The average Bonchev–Trinajstić information content (AvgIpc) is 3.10. The van der Waals surface area contributed by atoms with Gasteiger partial charge in [-0.05, 0) is 43.2 Å². The number of anilines is 1. The normalized spacial score (nSPS) is 16.9. The number of amides is 1. The van der Waals surface area contributed by atoms with E-state index in [0.717, 1.165) is 18.7 Å². The molecule has 2 aromatic rings. The second-order valence-electron chi connectivity index (χ2n) is 5.89. The summed E-state index contributed by atoms with van der Waals surface area (Å²) < 4.78 is 10.6. The molecular weight excluding hydrogens is 308 g/mol. The maximum atomic E-state index is 12.7. The third-order valence-corrected chi connectivity index (χ3v) is 4.33. The van der Waals surface area contributed by atoms with E-state index in [9.17, 15) is 4.79 Å². The second-order valence-corrected chi connectivity index (χ2v) is 5.89. The van der Waals surface area contributed by atoms with Crippen LogP contribution in [0.3, 0.4) is 0 Å². The Bertz CT molecular complexity index is 730. The summed E-state index contributed by atoms with van der Waals surface area (Å²) in [6.45, 7) is 1.64. The Labute approximate surface area is 139 Å². The first-order chi connectivity index (χ1) is 11.8. The number of hydrogen-bond acceptors (Lipinski definition) is 6. The molecule has 1 aromatic carbocycles. The molecule has 1 aromatic heterocycles. The van der Waals surface area contributed by atoms with Gasteiger partial charge in [-0.1, -0.05) is 0 Å². The SMILES string of the molecule is O=C(c1ccc2c(c1)OCO2)N1CCC(Nc2cccnn2)CC1. The quantitative estimate of drug-likeness (QED) is 0.929. The number of benzene rings is 1. The summed E-state index contributed by atoms with van der Waals surface area (Å²) >= 11 is 0. The Morgan fingerprint density at radius 1 is 1.17 bits per heavy atom. The number of piperidine rings is 1. The number of likely N-dealkylation sites (tertiary alicyclic amines) is 1. The topological polar surface area (TPSA) is 76.6 Å². The van der Waals surface area contributed by atoms with Gasteiger partial charge >= 0.3 is 0 Å². The third-order valence-electron chi connectivity index (χ3n) is 4.33. The van der Waals surface area contributed by atoms with Gasteiger partial charge < -0.3 is 19.7 Å². The summed E-state index contributed by atoms with van der Waals surface area (Å²) in [7, 11) is 0. The zero-order valence-electron chi connectivity index (χ0n) is 13.1. The van der Waals surface area contributed by atoms with Gasteiger partial charge in [0.1, 0.15) is 5.82 Å². The van der Waals surface area contributed by atoms with Crippen molar-refractivity contribution in [2.45, 2.75) is 18.9 Å². The van der Waals surface area contributed by atoms with E-state index in [1.54, 1.807) is 24.4 Å². The Morgan fingerprint density at radius 3 is 2.79 bits per heavy atom. The van der Waals surface area contributed by atoms with Crippen molar-refractivity contribution >= 4 is 11.7 Å². The van der Waals surface area contributed by atoms with Gasteiger partial charge in [0.15, 0.2) is 11.5 Å². The van der Waals surface area contributed by atoms with E-state index in [-0.39, 0.29) is 12.7 Å². The van der Waals surface area contributed by atoms with Crippen LogP contribution in [0.15, 0.2) is 36.5 Å². The van der Waals surface area contributed by atoms with Gasteiger partial charge in [-0.3, -0.25) is 4.79 Å². The van der Waals surface area contributed by atoms with E-state index in [2.05, 4.69) is 15.5 Å². The van der Waals surface area contributed by atoms with Crippen molar-refractivity contribution in [3.05, 3.63) is 42.1 Å². The lowest BCUT2D eigenvalue weighted by molar-refractivity contribution is 0.0718. The highest BCUT2D eigenvalue weighted by Crippen LogP contribution is 2.33.